The molecule has 0 spiro atoms. The van der Waals surface area contributed by atoms with Crippen molar-refractivity contribution in [3.8, 4) is 0 Å². The number of sulfonamides is 1. The highest BCUT2D eigenvalue weighted by molar-refractivity contribution is 7.89. The average molecular weight is 589 g/mol. The molecule has 0 saturated carbocycles. The minimum Gasteiger partial charge on any atom is -0.292 e. The van der Waals surface area contributed by atoms with Crippen molar-refractivity contribution in [3.63, 3.8) is 0 Å². The van der Waals surface area contributed by atoms with Gasteiger partial charge in [-0.2, -0.15) is 9.41 Å². The summed E-state index contributed by atoms with van der Waals surface area (Å²) in [6.45, 7) is 1.79. The van der Waals surface area contributed by atoms with Crippen LogP contribution in [0.1, 0.15) is 23.6 Å². The second-order valence-electron chi connectivity index (χ2n) is 11.2. The predicted molar refractivity (Wildman–Crippen MR) is 170 cm³/mol. The molecule has 0 radical (unpaired) electrons. The molecule has 7 nitrogen and oxygen atoms in total. The quantitative estimate of drug-likeness (QED) is 0.256. The molecule has 8 heteroatoms. The van der Waals surface area contributed by atoms with Crippen LogP contribution in [0.5, 0.6) is 0 Å². The third-order valence-corrected chi connectivity index (χ3v) is 10.4. The van der Waals surface area contributed by atoms with Crippen LogP contribution in [0.15, 0.2) is 125 Å². The fourth-order valence-corrected chi connectivity index (χ4v) is 7.55. The Morgan fingerprint density at radius 3 is 2.00 bits per heavy atom. The van der Waals surface area contributed by atoms with Gasteiger partial charge in [-0.3, -0.25) is 9.69 Å². The topological polar surface area (TPSA) is 73.3 Å². The zero-order valence-electron chi connectivity index (χ0n) is 23.7. The van der Waals surface area contributed by atoms with Crippen LogP contribution >= 0.6 is 0 Å². The van der Waals surface area contributed by atoms with Gasteiger partial charge in [-0.15, -0.1) is 0 Å². The molecule has 0 bridgehead atoms. The van der Waals surface area contributed by atoms with Crippen LogP contribution in [0.4, 0.5) is 0 Å². The first-order valence-electron chi connectivity index (χ1n) is 14.6. The summed E-state index contributed by atoms with van der Waals surface area (Å²) >= 11 is 0. The van der Waals surface area contributed by atoms with E-state index in [4.69, 9.17) is 5.10 Å². The van der Waals surface area contributed by atoms with Gasteiger partial charge in [0.2, 0.25) is 10.0 Å². The van der Waals surface area contributed by atoms with E-state index in [0.29, 0.717) is 37.5 Å². The fraction of sp³-hybridized carbons (Fsp3) is 0.200. The molecule has 2 aliphatic heterocycles. The third kappa shape index (κ3) is 5.45. The van der Waals surface area contributed by atoms with Gasteiger partial charge >= 0.3 is 0 Å². The summed E-state index contributed by atoms with van der Waals surface area (Å²) in [6.07, 6.45) is 0.631. The lowest BCUT2D eigenvalue weighted by molar-refractivity contribution is -0.134. The molecule has 1 fully saturated rings. The van der Waals surface area contributed by atoms with Crippen molar-refractivity contribution in [2.24, 2.45) is 5.10 Å². The minimum absolute atomic E-state index is 0.0875. The number of rotatable bonds is 6. The summed E-state index contributed by atoms with van der Waals surface area (Å²) in [5.74, 6) is -0.0875. The molecule has 1 amide bonds. The largest absolute Gasteiger partial charge is 0.292 e. The summed E-state index contributed by atoms with van der Waals surface area (Å²) in [4.78, 5) is 16.1. The molecule has 0 aromatic heterocycles. The molecule has 2 heterocycles. The van der Waals surface area contributed by atoms with Gasteiger partial charge < -0.3 is 0 Å². The Morgan fingerprint density at radius 1 is 0.698 bits per heavy atom. The van der Waals surface area contributed by atoms with E-state index < -0.39 is 10.0 Å². The highest BCUT2D eigenvalue weighted by Gasteiger charge is 2.35. The van der Waals surface area contributed by atoms with Crippen molar-refractivity contribution < 1.29 is 13.2 Å². The Hall–Kier alpha value is -4.37. The molecular weight excluding hydrogens is 556 g/mol. The van der Waals surface area contributed by atoms with E-state index in [1.165, 1.54) is 9.69 Å². The van der Waals surface area contributed by atoms with Crippen molar-refractivity contribution in [3.05, 3.63) is 126 Å². The smallest absolute Gasteiger partial charge is 0.257 e. The maximum absolute atomic E-state index is 13.8. The predicted octanol–water partition coefficient (Wildman–Crippen LogP) is 5.68. The summed E-state index contributed by atoms with van der Waals surface area (Å²) in [5.41, 5.74) is 2.95. The number of fused-ring (bicyclic) bond motifs is 2. The molecule has 1 atom stereocenters. The standard InChI is InChI=1S/C35H32N4O3S/c40-35(25-37-18-20-38(21-19-37)43(41,42)32-17-16-27-9-5-7-13-30(27)23-32)39-34(28-10-2-1-3-11-28)24-33(36-39)31-15-14-26-8-4-6-12-29(26)22-31/h1-17,22-23,34H,18-21,24-25H2/t34-/m1/s1. The zero-order chi connectivity index (χ0) is 29.4. The van der Waals surface area contributed by atoms with Crippen LogP contribution in [0.25, 0.3) is 21.5 Å². The summed E-state index contributed by atoms with van der Waals surface area (Å²) in [7, 11) is -3.63. The van der Waals surface area contributed by atoms with Gasteiger partial charge in [-0.25, -0.2) is 13.4 Å². The zero-order valence-corrected chi connectivity index (χ0v) is 24.5. The van der Waals surface area contributed by atoms with Crippen molar-refractivity contribution in [1.29, 1.82) is 0 Å². The van der Waals surface area contributed by atoms with Gasteiger partial charge in [0.25, 0.3) is 5.91 Å². The summed E-state index contributed by atoms with van der Waals surface area (Å²) < 4.78 is 28.4. The number of carbonyl (C=O) groups is 1. The lowest BCUT2D eigenvalue weighted by Gasteiger charge is -2.34. The van der Waals surface area contributed by atoms with Crippen molar-refractivity contribution >= 4 is 43.2 Å². The van der Waals surface area contributed by atoms with E-state index in [1.807, 2.05) is 77.7 Å². The van der Waals surface area contributed by atoms with Gasteiger partial charge in [0.1, 0.15) is 0 Å². The molecule has 0 N–H and O–H groups in total. The Balaban J connectivity index is 1.07. The number of hydrazone groups is 1. The number of amides is 1. The average Bonchev–Trinajstić information content (AvgIpc) is 3.51. The second kappa shape index (κ2) is 11.4. The van der Waals surface area contributed by atoms with Crippen LogP contribution in [-0.2, 0) is 14.8 Å². The Bertz CT molecular complexity index is 1950. The number of nitrogens with zero attached hydrogens (tertiary/aromatic N) is 4. The van der Waals surface area contributed by atoms with Gasteiger partial charge in [0.15, 0.2) is 0 Å². The first-order valence-corrected chi connectivity index (χ1v) is 16.0. The van der Waals surface area contributed by atoms with Crippen LogP contribution < -0.4 is 0 Å². The van der Waals surface area contributed by atoms with Gasteiger partial charge in [0.05, 0.1) is 23.2 Å². The molecule has 7 rings (SSSR count). The monoisotopic (exact) mass is 588 g/mol. The highest BCUT2D eigenvalue weighted by atomic mass is 32.2. The van der Waals surface area contributed by atoms with E-state index in [0.717, 1.165) is 33.0 Å². The number of hydrogen-bond donors (Lipinski definition) is 0. The van der Waals surface area contributed by atoms with Crippen molar-refractivity contribution in [2.45, 2.75) is 17.4 Å². The van der Waals surface area contributed by atoms with Gasteiger partial charge in [-0.1, -0.05) is 97.1 Å². The van der Waals surface area contributed by atoms with E-state index in [1.54, 1.807) is 17.1 Å². The normalized spacial score (nSPS) is 18.3. The molecule has 5 aromatic carbocycles. The summed E-state index contributed by atoms with van der Waals surface area (Å²) in [6, 6.07) is 37.4. The SMILES string of the molecule is O=C(CN1CCN(S(=O)(=O)c2ccc3ccccc3c2)CC1)N1N=C(c2ccc3ccccc3c2)C[C@@H]1c1ccccc1. The first-order chi connectivity index (χ1) is 21.0. The number of benzene rings is 5. The summed E-state index contributed by atoms with van der Waals surface area (Å²) in [5, 5.41) is 10.7. The van der Waals surface area contributed by atoms with E-state index >= 15 is 0 Å². The number of hydrogen-bond acceptors (Lipinski definition) is 5. The van der Waals surface area contributed by atoms with Crippen molar-refractivity contribution in [2.75, 3.05) is 32.7 Å². The molecule has 43 heavy (non-hydrogen) atoms. The van der Waals surface area contributed by atoms with Crippen LogP contribution in [0, 0.1) is 0 Å². The number of carbonyl (C=O) groups excluding carboxylic acids is 1. The van der Waals surface area contributed by atoms with Gasteiger partial charge in [0, 0.05) is 32.6 Å². The Labute approximate surface area is 251 Å². The minimum atomic E-state index is -3.63. The first kappa shape index (κ1) is 27.5. The van der Waals surface area contributed by atoms with Crippen LogP contribution in [0.3, 0.4) is 0 Å². The molecule has 2 aliphatic rings. The molecule has 1 saturated heterocycles. The van der Waals surface area contributed by atoms with Crippen molar-refractivity contribution in [1.82, 2.24) is 14.2 Å². The maximum Gasteiger partial charge on any atom is 0.257 e. The van der Waals surface area contributed by atoms with E-state index in [9.17, 15) is 13.2 Å². The van der Waals surface area contributed by atoms with Gasteiger partial charge in [-0.05, 0) is 50.9 Å². The molecule has 0 aliphatic carbocycles. The highest BCUT2D eigenvalue weighted by Crippen LogP contribution is 2.33. The third-order valence-electron chi connectivity index (χ3n) is 8.48. The van der Waals surface area contributed by atoms with Crippen LogP contribution in [-0.4, -0.2) is 67.0 Å². The molecule has 5 aromatic rings. The Morgan fingerprint density at radius 2 is 1.30 bits per heavy atom. The number of piperazine rings is 1. The maximum atomic E-state index is 13.8. The van der Waals surface area contributed by atoms with Crippen LogP contribution in [0.2, 0.25) is 0 Å². The molecular formula is C35H32N4O3S. The lowest BCUT2D eigenvalue weighted by Crippen LogP contribution is -2.51. The van der Waals surface area contributed by atoms with E-state index in [2.05, 4.69) is 30.3 Å². The fourth-order valence-electron chi connectivity index (χ4n) is 6.09. The second-order valence-corrected chi connectivity index (χ2v) is 13.1. The molecule has 216 valence electrons. The van der Waals surface area contributed by atoms with E-state index in [-0.39, 0.29) is 18.5 Å². The lowest BCUT2D eigenvalue weighted by atomic mass is 9.97. The Kier molecular flexibility index (Phi) is 7.26. The molecule has 0 unspecified atom stereocenters.